The Balaban J connectivity index is 1.45. The molecule has 0 aliphatic carbocycles. The van der Waals surface area contributed by atoms with Crippen molar-refractivity contribution < 1.29 is 9.15 Å². The van der Waals surface area contributed by atoms with E-state index in [9.17, 15) is 0 Å². The summed E-state index contributed by atoms with van der Waals surface area (Å²) in [5.74, 6) is 1.66. The van der Waals surface area contributed by atoms with Crippen LogP contribution in [0.1, 0.15) is 5.56 Å². The normalized spacial score (nSPS) is 11.2. The van der Waals surface area contributed by atoms with E-state index in [1.165, 1.54) is 5.56 Å². The summed E-state index contributed by atoms with van der Waals surface area (Å²) in [6, 6.07) is 22.5. The van der Waals surface area contributed by atoms with E-state index in [-0.39, 0.29) is 0 Å². The van der Waals surface area contributed by atoms with Crippen molar-refractivity contribution in [2.75, 3.05) is 39.1 Å². The zero-order chi connectivity index (χ0) is 20.8. The molecule has 5 nitrogen and oxygen atoms in total. The number of hydrogen-bond acceptors (Lipinski definition) is 5. The van der Waals surface area contributed by atoms with E-state index in [1.807, 2.05) is 50.5 Å². The second-order valence-electron chi connectivity index (χ2n) is 7.53. The number of nitrogens with one attached hydrogen (secondary N) is 1. The number of anilines is 1. The third kappa shape index (κ3) is 4.99. The van der Waals surface area contributed by atoms with Gasteiger partial charge in [0.15, 0.2) is 0 Å². The summed E-state index contributed by atoms with van der Waals surface area (Å²) in [7, 11) is 4.07. The average molecular weight is 402 g/mol. The molecule has 0 spiro atoms. The number of nitrogens with zero attached hydrogens (tertiary/aromatic N) is 2. The van der Waals surface area contributed by atoms with Crippen LogP contribution in [0.4, 0.5) is 5.69 Å². The van der Waals surface area contributed by atoms with Crippen LogP contribution in [-0.4, -0.2) is 43.7 Å². The lowest BCUT2D eigenvalue weighted by molar-refractivity contribution is 0.261. The number of aromatic nitrogens is 1. The van der Waals surface area contributed by atoms with Crippen molar-refractivity contribution in [3.8, 4) is 17.1 Å². The first-order valence-corrected chi connectivity index (χ1v) is 10.2. The fraction of sp³-hybridized carbons (Fsp3) is 0.240. The van der Waals surface area contributed by atoms with Crippen molar-refractivity contribution in [1.82, 2.24) is 9.88 Å². The first kappa shape index (κ1) is 20.0. The Bertz CT molecular complexity index is 1070. The van der Waals surface area contributed by atoms with Crippen molar-refractivity contribution >= 4 is 16.8 Å². The molecular weight excluding hydrogens is 374 g/mol. The first-order valence-electron chi connectivity index (χ1n) is 10.2. The molecule has 0 atom stereocenters. The molecule has 0 aliphatic rings. The largest absolute Gasteiger partial charge is 0.492 e. The fourth-order valence-corrected chi connectivity index (χ4v) is 3.28. The summed E-state index contributed by atoms with van der Waals surface area (Å²) in [6.07, 6.45) is 2.74. The molecule has 0 amide bonds. The minimum atomic E-state index is 0.640. The molecule has 0 aliphatic heterocycles. The molecular formula is C25H27N3O2. The van der Waals surface area contributed by atoms with Gasteiger partial charge in [-0.3, -0.25) is 0 Å². The van der Waals surface area contributed by atoms with Crippen molar-refractivity contribution in [2.45, 2.75) is 6.42 Å². The molecule has 0 radical (unpaired) electrons. The van der Waals surface area contributed by atoms with E-state index in [1.54, 1.807) is 6.20 Å². The number of fused-ring (bicyclic) bond motifs is 1. The Morgan fingerprint density at radius 1 is 1.00 bits per heavy atom. The zero-order valence-electron chi connectivity index (χ0n) is 17.5. The Hall–Kier alpha value is -3.31. The maximum Gasteiger partial charge on any atom is 0.228 e. The van der Waals surface area contributed by atoms with Crippen LogP contribution >= 0.6 is 0 Å². The number of pyridine rings is 1. The highest BCUT2D eigenvalue weighted by Gasteiger charge is 2.11. The molecule has 5 heteroatoms. The first-order chi connectivity index (χ1) is 14.7. The number of benzene rings is 2. The van der Waals surface area contributed by atoms with E-state index in [0.29, 0.717) is 12.3 Å². The fourth-order valence-electron chi connectivity index (χ4n) is 3.28. The molecule has 30 heavy (non-hydrogen) atoms. The highest BCUT2D eigenvalue weighted by atomic mass is 16.5. The molecule has 154 valence electrons. The Morgan fingerprint density at radius 3 is 2.57 bits per heavy atom. The highest BCUT2D eigenvalue weighted by Crippen LogP contribution is 2.31. The van der Waals surface area contributed by atoms with Gasteiger partial charge in [0.2, 0.25) is 5.71 Å². The summed E-state index contributed by atoms with van der Waals surface area (Å²) in [6.45, 7) is 2.40. The number of rotatable bonds is 9. The van der Waals surface area contributed by atoms with Crippen LogP contribution in [-0.2, 0) is 6.42 Å². The summed E-state index contributed by atoms with van der Waals surface area (Å²) in [5.41, 5.74) is 4.00. The Morgan fingerprint density at radius 2 is 1.80 bits per heavy atom. The lowest BCUT2D eigenvalue weighted by atomic mass is 10.1. The van der Waals surface area contributed by atoms with Crippen LogP contribution in [0.2, 0.25) is 0 Å². The van der Waals surface area contributed by atoms with Gasteiger partial charge < -0.3 is 19.4 Å². The standard InChI is InChI=1S/C25H27N3O2/c1-28(2)16-17-29-21-10-8-20(9-11-21)24-18-22-23(13-15-27-25(22)30-24)26-14-12-19-6-4-3-5-7-19/h3-11,13,15,18H,12,14,16-17H2,1-2H3,(H,26,27). The predicted molar refractivity (Wildman–Crippen MR) is 122 cm³/mol. The van der Waals surface area contributed by atoms with Crippen molar-refractivity contribution in [2.24, 2.45) is 0 Å². The van der Waals surface area contributed by atoms with Crippen molar-refractivity contribution in [3.63, 3.8) is 0 Å². The van der Waals surface area contributed by atoms with Gasteiger partial charge in [0.05, 0.1) is 5.39 Å². The average Bonchev–Trinajstić information content (AvgIpc) is 3.20. The SMILES string of the molecule is CN(C)CCOc1ccc(-c2cc3c(NCCc4ccccc4)ccnc3o2)cc1. The quantitative estimate of drug-likeness (QED) is 0.423. The third-order valence-electron chi connectivity index (χ3n) is 4.95. The van der Waals surface area contributed by atoms with Gasteiger partial charge in [-0.15, -0.1) is 0 Å². The number of ether oxygens (including phenoxy) is 1. The van der Waals surface area contributed by atoms with Crippen molar-refractivity contribution in [3.05, 3.63) is 78.5 Å². The molecule has 0 fully saturated rings. The van der Waals surface area contributed by atoms with Gasteiger partial charge in [0.25, 0.3) is 0 Å². The van der Waals surface area contributed by atoms with Gasteiger partial charge in [-0.1, -0.05) is 30.3 Å². The monoisotopic (exact) mass is 401 g/mol. The van der Waals surface area contributed by atoms with E-state index in [4.69, 9.17) is 9.15 Å². The topological polar surface area (TPSA) is 50.5 Å². The summed E-state index contributed by atoms with van der Waals surface area (Å²) >= 11 is 0. The van der Waals surface area contributed by atoms with E-state index in [0.717, 1.165) is 47.7 Å². The smallest absolute Gasteiger partial charge is 0.228 e. The van der Waals surface area contributed by atoms with Crippen LogP contribution in [0.5, 0.6) is 5.75 Å². The summed E-state index contributed by atoms with van der Waals surface area (Å²) in [4.78, 5) is 6.49. The summed E-state index contributed by atoms with van der Waals surface area (Å²) < 4.78 is 11.8. The van der Waals surface area contributed by atoms with Crippen LogP contribution in [0.25, 0.3) is 22.4 Å². The third-order valence-corrected chi connectivity index (χ3v) is 4.95. The van der Waals surface area contributed by atoms with Gasteiger partial charge in [0, 0.05) is 30.5 Å². The number of hydrogen-bond donors (Lipinski definition) is 1. The van der Waals surface area contributed by atoms with Gasteiger partial charge in [0.1, 0.15) is 18.1 Å². The Labute approximate surface area is 177 Å². The van der Waals surface area contributed by atoms with Crippen molar-refractivity contribution in [1.29, 1.82) is 0 Å². The molecule has 4 rings (SSSR count). The van der Waals surface area contributed by atoms with E-state index >= 15 is 0 Å². The Kier molecular flexibility index (Phi) is 6.30. The molecule has 4 aromatic rings. The second kappa shape index (κ2) is 9.46. The highest BCUT2D eigenvalue weighted by molar-refractivity contribution is 5.91. The molecule has 2 heterocycles. The number of furan rings is 1. The molecule has 0 saturated heterocycles. The zero-order valence-corrected chi connectivity index (χ0v) is 17.5. The lowest BCUT2D eigenvalue weighted by Gasteiger charge is -2.11. The maximum absolute atomic E-state index is 6.01. The summed E-state index contributed by atoms with van der Waals surface area (Å²) in [5, 5.41) is 4.51. The van der Waals surface area contributed by atoms with Gasteiger partial charge in [-0.25, -0.2) is 4.98 Å². The molecule has 1 N–H and O–H groups in total. The van der Waals surface area contributed by atoms with Crippen LogP contribution < -0.4 is 10.1 Å². The van der Waals surface area contributed by atoms with Crippen LogP contribution in [0, 0.1) is 0 Å². The van der Waals surface area contributed by atoms with Gasteiger partial charge in [-0.05, 0) is 62.5 Å². The predicted octanol–water partition coefficient (Wildman–Crippen LogP) is 5.09. The molecule has 0 bridgehead atoms. The molecule has 0 saturated carbocycles. The lowest BCUT2D eigenvalue weighted by Crippen LogP contribution is -2.19. The number of likely N-dealkylation sites (N-methyl/N-ethyl adjacent to an activating group) is 1. The van der Waals surface area contributed by atoms with Crippen LogP contribution in [0.3, 0.4) is 0 Å². The minimum absolute atomic E-state index is 0.640. The molecule has 2 aromatic heterocycles. The molecule has 0 unspecified atom stereocenters. The van der Waals surface area contributed by atoms with Gasteiger partial charge >= 0.3 is 0 Å². The van der Waals surface area contributed by atoms with E-state index < -0.39 is 0 Å². The van der Waals surface area contributed by atoms with Gasteiger partial charge in [-0.2, -0.15) is 0 Å². The van der Waals surface area contributed by atoms with E-state index in [2.05, 4.69) is 45.5 Å². The minimum Gasteiger partial charge on any atom is -0.492 e. The second-order valence-corrected chi connectivity index (χ2v) is 7.53. The van der Waals surface area contributed by atoms with Crippen LogP contribution in [0.15, 0.2) is 77.3 Å². The molecule has 2 aromatic carbocycles. The maximum atomic E-state index is 6.01.